The van der Waals surface area contributed by atoms with Gasteiger partial charge in [0.1, 0.15) is 17.4 Å². The van der Waals surface area contributed by atoms with E-state index in [1.807, 2.05) is 26.8 Å². The van der Waals surface area contributed by atoms with Crippen LogP contribution in [0.1, 0.15) is 36.8 Å². The van der Waals surface area contributed by atoms with E-state index in [9.17, 15) is 8.78 Å². The lowest BCUT2D eigenvalue weighted by atomic mass is 10.0. The topological polar surface area (TPSA) is 56.9 Å². The van der Waals surface area contributed by atoms with Gasteiger partial charge < -0.3 is 14.7 Å². The van der Waals surface area contributed by atoms with Crippen LogP contribution in [0.5, 0.6) is 0 Å². The van der Waals surface area contributed by atoms with Gasteiger partial charge in [0.05, 0.1) is 5.69 Å². The number of hydrogen-bond donors (Lipinski definition) is 1. The molecule has 3 rings (SSSR count). The van der Waals surface area contributed by atoms with E-state index in [0.717, 1.165) is 62.7 Å². The van der Waals surface area contributed by atoms with Crippen molar-refractivity contribution in [1.29, 1.82) is 0 Å². The summed E-state index contributed by atoms with van der Waals surface area (Å²) < 4.78 is 32.3. The number of aromatic nitrogens is 1. The molecule has 1 aliphatic heterocycles. The van der Waals surface area contributed by atoms with E-state index in [0.29, 0.717) is 12.1 Å². The summed E-state index contributed by atoms with van der Waals surface area (Å²) in [5, 5.41) is 7.39. The molecule has 0 aliphatic carbocycles. The number of aryl methyl sites for hydroxylation is 1. The molecule has 29 heavy (non-hydrogen) atoms. The van der Waals surface area contributed by atoms with Crippen LogP contribution in [-0.4, -0.2) is 60.2 Å². The van der Waals surface area contributed by atoms with Crippen LogP contribution < -0.4 is 5.32 Å². The summed E-state index contributed by atoms with van der Waals surface area (Å²) in [6.07, 6.45) is 0. The molecule has 1 saturated heterocycles. The third-order valence-corrected chi connectivity index (χ3v) is 5.08. The minimum absolute atomic E-state index is 0.138. The monoisotopic (exact) mass is 405 g/mol. The Balaban J connectivity index is 1.57. The first kappa shape index (κ1) is 21.2. The summed E-state index contributed by atoms with van der Waals surface area (Å²) >= 11 is 0. The number of hydrogen-bond acceptors (Lipinski definition) is 4. The second-order valence-corrected chi connectivity index (χ2v) is 7.45. The maximum absolute atomic E-state index is 14.0. The minimum Gasteiger partial charge on any atom is -0.361 e. The smallest absolute Gasteiger partial charge is 0.194 e. The summed E-state index contributed by atoms with van der Waals surface area (Å²) in [7, 11) is 0. The Morgan fingerprint density at radius 3 is 2.62 bits per heavy atom. The van der Waals surface area contributed by atoms with Crippen molar-refractivity contribution in [2.75, 3.05) is 39.3 Å². The van der Waals surface area contributed by atoms with E-state index in [-0.39, 0.29) is 5.92 Å². The average Bonchev–Trinajstić information content (AvgIpc) is 3.10. The van der Waals surface area contributed by atoms with Gasteiger partial charge >= 0.3 is 0 Å². The largest absolute Gasteiger partial charge is 0.361 e. The molecule has 1 unspecified atom stereocenters. The Kier molecular flexibility index (Phi) is 7.19. The fraction of sp³-hybridized carbons (Fsp3) is 0.524. The zero-order valence-electron chi connectivity index (χ0n) is 17.3. The average molecular weight is 405 g/mol. The molecule has 1 aromatic heterocycles. The number of rotatable bonds is 6. The zero-order chi connectivity index (χ0) is 20.8. The highest BCUT2D eigenvalue weighted by atomic mass is 19.1. The number of benzene rings is 1. The molecule has 0 spiro atoms. The lowest BCUT2D eigenvalue weighted by Gasteiger charge is -2.36. The van der Waals surface area contributed by atoms with Gasteiger partial charge in [0.15, 0.2) is 5.96 Å². The summed E-state index contributed by atoms with van der Waals surface area (Å²) in [5.74, 6) is 0.440. The molecule has 1 aliphatic rings. The second kappa shape index (κ2) is 9.82. The van der Waals surface area contributed by atoms with Crippen molar-refractivity contribution in [2.45, 2.75) is 33.2 Å². The summed E-state index contributed by atoms with van der Waals surface area (Å²) in [5.41, 5.74) is 1.44. The molecule has 2 heterocycles. The van der Waals surface area contributed by atoms with Crippen LogP contribution in [0.25, 0.3) is 0 Å². The fourth-order valence-corrected chi connectivity index (χ4v) is 3.49. The van der Waals surface area contributed by atoms with Crippen LogP contribution in [0.15, 0.2) is 33.8 Å². The van der Waals surface area contributed by atoms with E-state index in [1.54, 1.807) is 0 Å². The number of nitrogens with zero attached hydrogens (tertiary/aromatic N) is 4. The number of guanidine groups is 1. The Bertz CT molecular complexity index is 830. The SMILES string of the molecule is CCNC(=NCC(C)c1ccc(F)cc1F)N1CCN(Cc2cc(C)on2)CC1. The molecule has 158 valence electrons. The van der Waals surface area contributed by atoms with Crippen molar-refractivity contribution >= 4 is 5.96 Å². The molecule has 0 bridgehead atoms. The van der Waals surface area contributed by atoms with Gasteiger partial charge in [-0.1, -0.05) is 18.1 Å². The summed E-state index contributed by atoms with van der Waals surface area (Å²) in [6.45, 7) is 11.3. The highest BCUT2D eigenvalue weighted by Crippen LogP contribution is 2.20. The number of halogens is 2. The van der Waals surface area contributed by atoms with Gasteiger partial charge in [-0.3, -0.25) is 9.89 Å². The van der Waals surface area contributed by atoms with Crippen molar-refractivity contribution in [3.05, 3.63) is 52.9 Å². The molecule has 8 heteroatoms. The molecule has 2 aromatic rings. The highest BCUT2D eigenvalue weighted by molar-refractivity contribution is 5.80. The summed E-state index contributed by atoms with van der Waals surface area (Å²) in [6, 6.07) is 5.69. The maximum Gasteiger partial charge on any atom is 0.194 e. The Hall–Kier alpha value is -2.48. The molecule has 1 N–H and O–H groups in total. The van der Waals surface area contributed by atoms with Gasteiger partial charge in [-0.25, -0.2) is 8.78 Å². The normalized spacial score (nSPS) is 16.9. The lowest BCUT2D eigenvalue weighted by Crippen LogP contribution is -2.52. The molecular weight excluding hydrogens is 376 g/mol. The standard InChI is InChI=1S/C21H29F2N5O/c1-4-24-21(25-13-15(2)19-6-5-17(22)12-20(19)23)28-9-7-27(8-10-28)14-18-11-16(3)29-26-18/h5-6,11-12,15H,4,7-10,13-14H2,1-3H3,(H,24,25). The van der Waals surface area contributed by atoms with E-state index in [2.05, 4.69) is 20.3 Å². The van der Waals surface area contributed by atoms with Gasteiger partial charge in [0.25, 0.3) is 0 Å². The van der Waals surface area contributed by atoms with Crippen LogP contribution in [0, 0.1) is 18.6 Å². The van der Waals surface area contributed by atoms with Gasteiger partial charge in [-0.2, -0.15) is 0 Å². The van der Waals surface area contributed by atoms with E-state index in [4.69, 9.17) is 9.52 Å². The molecule has 1 atom stereocenters. The van der Waals surface area contributed by atoms with E-state index >= 15 is 0 Å². The van der Waals surface area contributed by atoms with Crippen LogP contribution in [-0.2, 0) is 6.54 Å². The Labute approximate surface area is 170 Å². The van der Waals surface area contributed by atoms with Gasteiger partial charge in [0, 0.05) is 63.9 Å². The predicted molar refractivity (Wildman–Crippen MR) is 109 cm³/mol. The van der Waals surface area contributed by atoms with Gasteiger partial charge in [-0.05, 0) is 25.5 Å². The van der Waals surface area contributed by atoms with Crippen molar-refractivity contribution in [3.63, 3.8) is 0 Å². The first-order chi connectivity index (χ1) is 14.0. The number of nitrogens with one attached hydrogen (secondary N) is 1. The van der Waals surface area contributed by atoms with Crippen molar-refractivity contribution in [2.24, 2.45) is 4.99 Å². The predicted octanol–water partition coefficient (Wildman–Crippen LogP) is 3.15. The second-order valence-electron chi connectivity index (χ2n) is 7.45. The first-order valence-electron chi connectivity index (χ1n) is 10.1. The third kappa shape index (κ3) is 5.76. The van der Waals surface area contributed by atoms with E-state index in [1.165, 1.54) is 12.1 Å². The number of piperazine rings is 1. The van der Waals surface area contributed by atoms with Gasteiger partial charge in [0.2, 0.25) is 0 Å². The molecule has 1 aromatic carbocycles. The Morgan fingerprint density at radius 2 is 2.00 bits per heavy atom. The molecule has 0 amide bonds. The lowest BCUT2D eigenvalue weighted by molar-refractivity contribution is 0.169. The van der Waals surface area contributed by atoms with Crippen LogP contribution in [0.4, 0.5) is 8.78 Å². The highest BCUT2D eigenvalue weighted by Gasteiger charge is 2.21. The zero-order valence-corrected chi connectivity index (χ0v) is 17.3. The van der Waals surface area contributed by atoms with Crippen molar-refractivity contribution < 1.29 is 13.3 Å². The fourth-order valence-electron chi connectivity index (χ4n) is 3.49. The number of aliphatic imine (C=N–C) groups is 1. The van der Waals surface area contributed by atoms with Crippen LogP contribution in [0.2, 0.25) is 0 Å². The van der Waals surface area contributed by atoms with Gasteiger partial charge in [-0.15, -0.1) is 0 Å². The minimum atomic E-state index is -0.561. The third-order valence-electron chi connectivity index (χ3n) is 5.08. The maximum atomic E-state index is 14.0. The van der Waals surface area contributed by atoms with E-state index < -0.39 is 11.6 Å². The molecule has 1 fully saturated rings. The van der Waals surface area contributed by atoms with Crippen molar-refractivity contribution in [1.82, 2.24) is 20.3 Å². The quantitative estimate of drug-likeness (QED) is 0.591. The molecular formula is C21H29F2N5O. The van der Waals surface area contributed by atoms with Crippen LogP contribution in [0.3, 0.4) is 0 Å². The first-order valence-corrected chi connectivity index (χ1v) is 10.1. The molecule has 6 nitrogen and oxygen atoms in total. The van der Waals surface area contributed by atoms with Crippen molar-refractivity contribution in [3.8, 4) is 0 Å². The Morgan fingerprint density at radius 1 is 1.24 bits per heavy atom. The summed E-state index contributed by atoms with van der Waals surface area (Å²) in [4.78, 5) is 9.28. The molecule has 0 saturated carbocycles. The molecule has 0 radical (unpaired) electrons. The van der Waals surface area contributed by atoms with Crippen LogP contribution >= 0.6 is 0 Å².